The van der Waals surface area contributed by atoms with Gasteiger partial charge < -0.3 is 19.7 Å². The number of benzene rings is 2. The smallest absolute Gasteiger partial charge is 0.270 e. The minimum absolute atomic E-state index is 0.00990. The molecule has 0 unspecified atom stereocenters. The molecule has 5 rings (SSSR count). The lowest BCUT2D eigenvalue weighted by Gasteiger charge is -2.35. The van der Waals surface area contributed by atoms with Gasteiger partial charge in [-0.1, -0.05) is 24.3 Å². The first-order valence-corrected chi connectivity index (χ1v) is 13.5. The van der Waals surface area contributed by atoms with Crippen LogP contribution >= 0.6 is 0 Å². The zero-order valence-corrected chi connectivity index (χ0v) is 21.7. The van der Waals surface area contributed by atoms with Crippen LogP contribution in [0.4, 0.5) is 8.78 Å². The Bertz CT molecular complexity index is 1210. The van der Waals surface area contributed by atoms with Crippen molar-refractivity contribution in [3.05, 3.63) is 70.9 Å². The highest BCUT2D eigenvalue weighted by Crippen LogP contribution is 2.33. The number of nitrogens with one attached hydrogen (secondary N) is 1. The van der Waals surface area contributed by atoms with Crippen molar-refractivity contribution in [2.45, 2.75) is 25.3 Å². The number of aromatic nitrogens is 1. The minimum atomic E-state index is -0.467. The fourth-order valence-electron chi connectivity index (χ4n) is 5.74. The third-order valence-corrected chi connectivity index (χ3v) is 7.85. The predicted molar refractivity (Wildman–Crippen MR) is 142 cm³/mol. The van der Waals surface area contributed by atoms with Crippen LogP contribution < -0.4 is 0 Å². The number of amides is 1. The van der Waals surface area contributed by atoms with Crippen LogP contribution in [0, 0.1) is 11.6 Å². The third kappa shape index (κ3) is 5.91. The zero-order valence-electron chi connectivity index (χ0n) is 21.7. The number of piperazine rings is 1. The monoisotopic (exact) mass is 526 g/mol. The standard InChI is InChI=1S/C29H36F2N4O3/c30-24-5-3-6-25(31)27(24)21-8-10-34(11-9-21)20-23-22-4-1-2-7-26(22)32-28(23)29(37)35-14-12-33(13-15-35)16-18-38-19-17-36/h1-7,21,32,36H,8-20H2. The molecule has 0 aliphatic carbocycles. The van der Waals surface area contributed by atoms with Gasteiger partial charge in [-0.05, 0) is 50.0 Å². The molecule has 2 aliphatic heterocycles. The second-order valence-corrected chi connectivity index (χ2v) is 10.2. The number of halogens is 2. The molecule has 2 saturated heterocycles. The van der Waals surface area contributed by atoms with E-state index < -0.39 is 11.6 Å². The Kier molecular flexibility index (Phi) is 8.68. The number of H-pyrrole nitrogens is 1. The van der Waals surface area contributed by atoms with Gasteiger partial charge in [-0.3, -0.25) is 14.6 Å². The van der Waals surface area contributed by atoms with Gasteiger partial charge in [-0.25, -0.2) is 8.78 Å². The maximum absolute atomic E-state index is 14.3. The molecule has 0 bridgehead atoms. The number of para-hydroxylation sites is 1. The van der Waals surface area contributed by atoms with Crippen molar-refractivity contribution >= 4 is 16.8 Å². The fourth-order valence-corrected chi connectivity index (χ4v) is 5.74. The van der Waals surface area contributed by atoms with Crippen LogP contribution in [0.2, 0.25) is 0 Å². The summed E-state index contributed by atoms with van der Waals surface area (Å²) in [5, 5.41) is 9.89. The molecule has 2 N–H and O–H groups in total. The number of fused-ring (bicyclic) bond motifs is 1. The summed E-state index contributed by atoms with van der Waals surface area (Å²) >= 11 is 0. The van der Waals surface area contributed by atoms with E-state index in [4.69, 9.17) is 9.84 Å². The van der Waals surface area contributed by atoms with Crippen molar-refractivity contribution in [1.82, 2.24) is 19.7 Å². The second kappa shape index (κ2) is 12.3. The van der Waals surface area contributed by atoms with Gasteiger partial charge in [0, 0.05) is 61.3 Å². The average molecular weight is 527 g/mol. The second-order valence-electron chi connectivity index (χ2n) is 10.2. The highest BCUT2D eigenvalue weighted by atomic mass is 19.1. The Hall–Kier alpha value is -2.85. The van der Waals surface area contributed by atoms with E-state index in [0.717, 1.165) is 36.1 Å². The number of aliphatic hydroxyl groups excluding tert-OH is 1. The highest BCUT2D eigenvalue weighted by molar-refractivity contribution is 6.01. The first kappa shape index (κ1) is 26.7. The van der Waals surface area contributed by atoms with Crippen LogP contribution in [0.15, 0.2) is 42.5 Å². The van der Waals surface area contributed by atoms with E-state index in [-0.39, 0.29) is 24.0 Å². The van der Waals surface area contributed by atoms with Crippen LogP contribution in [-0.4, -0.2) is 96.3 Å². The van der Waals surface area contributed by atoms with Gasteiger partial charge >= 0.3 is 0 Å². The van der Waals surface area contributed by atoms with Crippen LogP contribution in [0.25, 0.3) is 10.9 Å². The van der Waals surface area contributed by atoms with Gasteiger partial charge in [0.15, 0.2) is 0 Å². The van der Waals surface area contributed by atoms with Crippen LogP contribution in [0.1, 0.15) is 40.4 Å². The summed E-state index contributed by atoms with van der Waals surface area (Å²) in [6.45, 7) is 6.61. The Balaban J connectivity index is 1.25. The van der Waals surface area contributed by atoms with Crippen LogP contribution in [-0.2, 0) is 11.3 Å². The number of rotatable bonds is 9. The lowest BCUT2D eigenvalue weighted by molar-refractivity contribution is 0.0482. The summed E-state index contributed by atoms with van der Waals surface area (Å²) in [4.78, 5) is 23.5. The largest absolute Gasteiger partial charge is 0.394 e. The summed E-state index contributed by atoms with van der Waals surface area (Å²) in [5.74, 6) is -1.06. The number of nitrogens with zero attached hydrogens (tertiary/aromatic N) is 3. The van der Waals surface area contributed by atoms with Gasteiger partial charge in [0.1, 0.15) is 17.3 Å². The molecular weight excluding hydrogens is 490 g/mol. The van der Waals surface area contributed by atoms with E-state index in [1.54, 1.807) is 0 Å². The van der Waals surface area contributed by atoms with E-state index in [9.17, 15) is 13.6 Å². The van der Waals surface area contributed by atoms with Crippen molar-refractivity contribution in [2.24, 2.45) is 0 Å². The maximum Gasteiger partial charge on any atom is 0.270 e. The lowest BCUT2D eigenvalue weighted by Crippen LogP contribution is -2.49. The number of likely N-dealkylation sites (tertiary alicyclic amines) is 1. The van der Waals surface area contributed by atoms with Crippen molar-refractivity contribution in [2.75, 3.05) is 65.6 Å². The Labute approximate surface area is 222 Å². The maximum atomic E-state index is 14.3. The van der Waals surface area contributed by atoms with Crippen molar-refractivity contribution in [1.29, 1.82) is 0 Å². The number of hydrogen-bond donors (Lipinski definition) is 2. The molecule has 3 heterocycles. The summed E-state index contributed by atoms with van der Waals surface area (Å²) in [6, 6.07) is 12.1. The Morgan fingerprint density at radius 1 is 0.921 bits per heavy atom. The molecule has 9 heteroatoms. The summed E-state index contributed by atoms with van der Waals surface area (Å²) in [6.07, 6.45) is 1.35. The van der Waals surface area contributed by atoms with Crippen molar-refractivity contribution in [3.8, 4) is 0 Å². The minimum Gasteiger partial charge on any atom is -0.394 e. The molecule has 0 radical (unpaired) electrons. The average Bonchev–Trinajstić information content (AvgIpc) is 3.30. The summed E-state index contributed by atoms with van der Waals surface area (Å²) in [7, 11) is 0. The SMILES string of the molecule is O=C(c1[nH]c2ccccc2c1CN1CCC(c2c(F)cccc2F)CC1)N1CCN(CCOCCO)CC1. The number of hydrogen-bond acceptors (Lipinski definition) is 5. The molecule has 0 atom stereocenters. The Morgan fingerprint density at radius 2 is 1.63 bits per heavy atom. The highest BCUT2D eigenvalue weighted by Gasteiger charge is 2.29. The first-order chi connectivity index (χ1) is 18.5. The molecule has 2 fully saturated rings. The van der Waals surface area contributed by atoms with Gasteiger partial charge in [0.25, 0.3) is 5.91 Å². The van der Waals surface area contributed by atoms with E-state index in [1.165, 1.54) is 18.2 Å². The number of aliphatic hydroxyl groups is 1. The fraction of sp³-hybridized carbons (Fsp3) is 0.483. The predicted octanol–water partition coefficient (Wildman–Crippen LogP) is 3.59. The molecule has 38 heavy (non-hydrogen) atoms. The van der Waals surface area contributed by atoms with Gasteiger partial charge in [-0.15, -0.1) is 0 Å². The summed E-state index contributed by atoms with van der Waals surface area (Å²) in [5.41, 5.74) is 2.76. The molecule has 204 valence electrons. The van der Waals surface area contributed by atoms with E-state index in [0.29, 0.717) is 64.5 Å². The molecule has 3 aromatic rings. The quantitative estimate of drug-likeness (QED) is 0.417. The van der Waals surface area contributed by atoms with Crippen molar-refractivity contribution in [3.63, 3.8) is 0 Å². The van der Waals surface area contributed by atoms with Gasteiger partial charge in [0.05, 0.1) is 19.8 Å². The number of ether oxygens (including phenoxy) is 1. The lowest BCUT2D eigenvalue weighted by atomic mass is 9.88. The van der Waals surface area contributed by atoms with Crippen LogP contribution in [0.3, 0.4) is 0 Å². The number of piperidine rings is 1. The molecule has 2 aliphatic rings. The number of aromatic amines is 1. The third-order valence-electron chi connectivity index (χ3n) is 7.85. The molecule has 0 saturated carbocycles. The molecule has 0 spiro atoms. The molecule has 1 amide bonds. The summed E-state index contributed by atoms with van der Waals surface area (Å²) < 4.78 is 34.0. The normalized spacial score (nSPS) is 17.9. The molecule has 7 nitrogen and oxygen atoms in total. The zero-order chi connectivity index (χ0) is 26.5. The first-order valence-electron chi connectivity index (χ1n) is 13.5. The topological polar surface area (TPSA) is 72.0 Å². The van der Waals surface area contributed by atoms with Crippen molar-refractivity contribution < 1.29 is 23.4 Å². The van der Waals surface area contributed by atoms with Gasteiger partial charge in [0.2, 0.25) is 0 Å². The van der Waals surface area contributed by atoms with Gasteiger partial charge in [-0.2, -0.15) is 0 Å². The molecule has 1 aromatic heterocycles. The number of carbonyl (C=O) groups is 1. The number of carbonyl (C=O) groups excluding carboxylic acids is 1. The Morgan fingerprint density at radius 3 is 2.34 bits per heavy atom. The van der Waals surface area contributed by atoms with E-state index in [1.807, 2.05) is 29.2 Å². The van der Waals surface area contributed by atoms with E-state index in [2.05, 4.69) is 14.8 Å². The molecular formula is C29H36F2N4O3. The molecule has 2 aromatic carbocycles. The van der Waals surface area contributed by atoms with Crippen LogP contribution in [0.5, 0.6) is 0 Å². The van der Waals surface area contributed by atoms with E-state index >= 15 is 0 Å².